The summed E-state index contributed by atoms with van der Waals surface area (Å²) in [6.45, 7) is 0.600. The first-order valence-electron chi connectivity index (χ1n) is 6.02. The molecule has 2 aromatic rings. The van der Waals surface area contributed by atoms with Crippen molar-refractivity contribution >= 4 is 11.9 Å². The van der Waals surface area contributed by atoms with E-state index in [1.807, 2.05) is 0 Å². The molecule has 0 aliphatic rings. The molecule has 0 aliphatic heterocycles. The van der Waals surface area contributed by atoms with Crippen LogP contribution >= 0.6 is 0 Å². The van der Waals surface area contributed by atoms with Gasteiger partial charge in [-0.05, 0) is 6.07 Å². The molecule has 2 heterocycles. The highest BCUT2D eigenvalue weighted by Crippen LogP contribution is 2.06. The van der Waals surface area contributed by atoms with Gasteiger partial charge >= 0.3 is 5.97 Å². The van der Waals surface area contributed by atoms with E-state index >= 15 is 0 Å². The lowest BCUT2D eigenvalue weighted by Crippen LogP contribution is -2.27. The van der Waals surface area contributed by atoms with Crippen LogP contribution in [-0.4, -0.2) is 50.6 Å². The average molecular weight is 291 g/mol. The summed E-state index contributed by atoms with van der Waals surface area (Å²) in [5.41, 5.74) is 0.265. The number of nitrogens with one attached hydrogen (secondary N) is 1. The van der Waals surface area contributed by atoms with Crippen LogP contribution in [0.25, 0.3) is 0 Å². The summed E-state index contributed by atoms with van der Waals surface area (Å²) in [6, 6.07) is 3.19. The third kappa shape index (κ3) is 3.75. The fraction of sp³-hybridized carbons (Fsp3) is 0.250. The van der Waals surface area contributed by atoms with Crippen LogP contribution in [0.2, 0.25) is 0 Å². The van der Waals surface area contributed by atoms with Gasteiger partial charge in [-0.25, -0.2) is 14.5 Å². The molecule has 2 aromatic heterocycles. The topological polar surface area (TPSA) is 119 Å². The van der Waals surface area contributed by atoms with Crippen molar-refractivity contribution in [3.05, 3.63) is 35.8 Å². The number of carbonyl (C=O) groups is 2. The fourth-order valence-corrected chi connectivity index (χ4v) is 1.53. The van der Waals surface area contributed by atoms with Gasteiger partial charge in [-0.3, -0.25) is 4.79 Å². The minimum absolute atomic E-state index is 0.138. The van der Waals surface area contributed by atoms with Crippen molar-refractivity contribution in [1.82, 2.24) is 25.3 Å². The van der Waals surface area contributed by atoms with Gasteiger partial charge in [0.25, 0.3) is 5.91 Å². The molecule has 0 fully saturated rings. The number of rotatable bonds is 6. The van der Waals surface area contributed by atoms with Gasteiger partial charge in [0.1, 0.15) is 0 Å². The van der Waals surface area contributed by atoms with Gasteiger partial charge in [0.05, 0.1) is 25.4 Å². The first kappa shape index (κ1) is 14.4. The number of aromatic carboxylic acids is 1. The molecule has 2 rings (SSSR count). The predicted octanol–water partition coefficient (Wildman–Crippen LogP) is -0.190. The Morgan fingerprint density at radius 2 is 2.24 bits per heavy atom. The number of carboxylic acids is 1. The normalized spacial score (nSPS) is 10.1. The predicted molar refractivity (Wildman–Crippen MR) is 70.1 cm³/mol. The number of methoxy groups -OCH3 is 1. The van der Waals surface area contributed by atoms with Gasteiger partial charge in [0.2, 0.25) is 5.88 Å². The minimum Gasteiger partial charge on any atom is -0.481 e. The summed E-state index contributed by atoms with van der Waals surface area (Å²) in [5.74, 6) is -1.01. The molecule has 21 heavy (non-hydrogen) atoms. The van der Waals surface area contributed by atoms with Crippen molar-refractivity contribution < 1.29 is 19.4 Å². The third-order valence-electron chi connectivity index (χ3n) is 2.59. The zero-order valence-corrected chi connectivity index (χ0v) is 11.2. The summed E-state index contributed by atoms with van der Waals surface area (Å²) in [5, 5.41) is 18.5. The van der Waals surface area contributed by atoms with E-state index in [1.165, 1.54) is 24.2 Å². The standard InChI is InChI=1S/C12H13N5O4/c1-21-10-3-2-8(6-14-10)11(18)13-4-5-17-7-9(12(19)20)15-16-17/h2-3,6-7H,4-5H2,1H3,(H,13,18)(H,19,20). The number of hydrogen-bond acceptors (Lipinski definition) is 6. The largest absolute Gasteiger partial charge is 0.481 e. The number of carbonyl (C=O) groups excluding carboxylic acids is 1. The van der Waals surface area contributed by atoms with E-state index < -0.39 is 5.97 Å². The van der Waals surface area contributed by atoms with Crippen molar-refractivity contribution in [2.45, 2.75) is 6.54 Å². The van der Waals surface area contributed by atoms with Crippen LogP contribution in [0.15, 0.2) is 24.5 Å². The van der Waals surface area contributed by atoms with Crippen LogP contribution in [0, 0.1) is 0 Å². The number of amides is 1. The molecule has 2 N–H and O–H groups in total. The summed E-state index contributed by atoms with van der Waals surface area (Å²) in [7, 11) is 1.49. The highest BCUT2D eigenvalue weighted by molar-refractivity contribution is 5.93. The lowest BCUT2D eigenvalue weighted by molar-refractivity contribution is 0.0690. The first-order valence-corrected chi connectivity index (χ1v) is 6.02. The van der Waals surface area contributed by atoms with Crippen LogP contribution in [0.1, 0.15) is 20.8 Å². The van der Waals surface area contributed by atoms with Crippen LogP contribution in [0.3, 0.4) is 0 Å². The molecule has 0 saturated carbocycles. The Balaban J connectivity index is 1.84. The second kappa shape index (κ2) is 6.46. The highest BCUT2D eigenvalue weighted by atomic mass is 16.5. The number of carboxylic acid groups (broad SMARTS) is 1. The van der Waals surface area contributed by atoms with Crippen LogP contribution < -0.4 is 10.1 Å². The van der Waals surface area contributed by atoms with E-state index in [0.29, 0.717) is 18.0 Å². The molecule has 9 heteroatoms. The second-order valence-corrected chi connectivity index (χ2v) is 4.02. The molecule has 110 valence electrons. The molecule has 0 radical (unpaired) electrons. The zero-order valence-electron chi connectivity index (χ0n) is 11.2. The van der Waals surface area contributed by atoms with Crippen LogP contribution in [0.5, 0.6) is 5.88 Å². The quantitative estimate of drug-likeness (QED) is 0.757. The van der Waals surface area contributed by atoms with E-state index in [0.717, 1.165) is 0 Å². The van der Waals surface area contributed by atoms with E-state index in [1.54, 1.807) is 12.1 Å². The number of pyridine rings is 1. The van der Waals surface area contributed by atoms with Crippen molar-refractivity contribution in [2.75, 3.05) is 13.7 Å². The monoisotopic (exact) mass is 291 g/mol. The second-order valence-electron chi connectivity index (χ2n) is 4.02. The van der Waals surface area contributed by atoms with Gasteiger partial charge in [0, 0.05) is 18.8 Å². The Morgan fingerprint density at radius 1 is 1.43 bits per heavy atom. The molecular weight excluding hydrogens is 278 g/mol. The summed E-state index contributed by atoms with van der Waals surface area (Å²) in [4.78, 5) is 26.4. The number of aromatic nitrogens is 4. The number of hydrogen-bond donors (Lipinski definition) is 2. The van der Waals surface area contributed by atoms with Gasteiger partial charge in [-0.15, -0.1) is 5.10 Å². The number of ether oxygens (including phenoxy) is 1. The molecule has 0 spiro atoms. The maximum Gasteiger partial charge on any atom is 0.358 e. The van der Waals surface area contributed by atoms with E-state index in [-0.39, 0.29) is 18.1 Å². The molecule has 0 saturated heterocycles. The summed E-state index contributed by atoms with van der Waals surface area (Å²) >= 11 is 0. The third-order valence-corrected chi connectivity index (χ3v) is 2.59. The lowest BCUT2D eigenvalue weighted by Gasteiger charge is -2.05. The molecular formula is C12H13N5O4. The van der Waals surface area contributed by atoms with Crippen LogP contribution in [0.4, 0.5) is 0 Å². The van der Waals surface area contributed by atoms with E-state index in [9.17, 15) is 9.59 Å². The Labute approximate surface area is 119 Å². The first-order chi connectivity index (χ1) is 10.1. The summed E-state index contributed by atoms with van der Waals surface area (Å²) < 4.78 is 6.24. The van der Waals surface area contributed by atoms with Gasteiger partial charge in [0.15, 0.2) is 5.69 Å². The van der Waals surface area contributed by atoms with Crippen molar-refractivity contribution in [3.63, 3.8) is 0 Å². The molecule has 0 bridgehead atoms. The van der Waals surface area contributed by atoms with Crippen molar-refractivity contribution in [2.24, 2.45) is 0 Å². The lowest BCUT2D eigenvalue weighted by atomic mass is 10.2. The van der Waals surface area contributed by atoms with Gasteiger partial charge in [-0.1, -0.05) is 5.21 Å². The van der Waals surface area contributed by atoms with Crippen molar-refractivity contribution in [1.29, 1.82) is 0 Å². The molecule has 0 aliphatic carbocycles. The Hall–Kier alpha value is -2.97. The molecule has 0 unspecified atom stereocenters. The van der Waals surface area contributed by atoms with Gasteiger partial charge in [-0.2, -0.15) is 0 Å². The molecule has 0 aromatic carbocycles. The van der Waals surface area contributed by atoms with Crippen LogP contribution in [-0.2, 0) is 6.54 Å². The zero-order chi connectivity index (χ0) is 15.2. The smallest absolute Gasteiger partial charge is 0.358 e. The maximum atomic E-state index is 11.8. The minimum atomic E-state index is -1.14. The fourth-order valence-electron chi connectivity index (χ4n) is 1.53. The molecule has 0 atom stereocenters. The highest BCUT2D eigenvalue weighted by Gasteiger charge is 2.09. The van der Waals surface area contributed by atoms with Crippen molar-refractivity contribution in [3.8, 4) is 5.88 Å². The van der Waals surface area contributed by atoms with E-state index in [4.69, 9.17) is 9.84 Å². The Morgan fingerprint density at radius 3 is 2.81 bits per heavy atom. The SMILES string of the molecule is COc1ccc(C(=O)NCCn2cc(C(=O)O)nn2)cn1. The summed E-state index contributed by atoms with van der Waals surface area (Å²) in [6.07, 6.45) is 2.70. The molecule has 9 nitrogen and oxygen atoms in total. The maximum absolute atomic E-state index is 11.8. The van der Waals surface area contributed by atoms with E-state index in [2.05, 4.69) is 20.6 Å². The Kier molecular flexibility index (Phi) is 4.44. The molecule has 1 amide bonds. The Bertz CT molecular complexity index is 637. The van der Waals surface area contributed by atoms with Gasteiger partial charge < -0.3 is 15.2 Å². The number of nitrogens with zero attached hydrogens (tertiary/aromatic N) is 4. The average Bonchev–Trinajstić information content (AvgIpc) is 2.96.